The fourth-order valence-corrected chi connectivity index (χ4v) is 1.46. The summed E-state index contributed by atoms with van der Waals surface area (Å²) in [6.07, 6.45) is 2.10. The zero-order chi connectivity index (χ0) is 9.31. The number of aliphatic hydroxyl groups is 1. The van der Waals surface area contributed by atoms with Crippen LogP contribution in [0.5, 0.6) is 0 Å². The van der Waals surface area contributed by atoms with Crippen molar-refractivity contribution in [1.29, 1.82) is 0 Å². The molecule has 1 amide bonds. The molecule has 0 unspecified atom stereocenters. The summed E-state index contributed by atoms with van der Waals surface area (Å²) < 4.78 is 0. The topological polar surface area (TPSA) is 61.4 Å². The van der Waals surface area contributed by atoms with Crippen molar-refractivity contribution >= 4 is 5.91 Å². The van der Waals surface area contributed by atoms with Crippen LogP contribution in [-0.2, 0) is 4.79 Å². The molecule has 2 fully saturated rings. The highest BCUT2D eigenvalue weighted by molar-refractivity contribution is 5.80. The van der Waals surface area contributed by atoms with Gasteiger partial charge >= 0.3 is 0 Å². The highest BCUT2D eigenvalue weighted by atomic mass is 16.3. The number of carbonyl (C=O) groups excluding carboxylic acids is 1. The molecule has 0 atom stereocenters. The summed E-state index contributed by atoms with van der Waals surface area (Å²) in [7, 11) is 0. The van der Waals surface area contributed by atoms with Crippen LogP contribution in [0.15, 0.2) is 0 Å². The van der Waals surface area contributed by atoms with Gasteiger partial charge in [-0.3, -0.25) is 4.79 Å². The lowest BCUT2D eigenvalue weighted by atomic mass is 10.0. The first-order valence-electron chi connectivity index (χ1n) is 4.85. The van der Waals surface area contributed by atoms with Crippen LogP contribution in [0, 0.1) is 11.3 Å². The fourth-order valence-electron chi connectivity index (χ4n) is 1.46. The Hall–Kier alpha value is -0.610. The zero-order valence-electron chi connectivity index (χ0n) is 7.68. The van der Waals surface area contributed by atoms with E-state index in [1.165, 1.54) is 0 Å². The Kier molecular flexibility index (Phi) is 2.26. The van der Waals surface area contributed by atoms with E-state index in [9.17, 15) is 4.79 Å². The van der Waals surface area contributed by atoms with E-state index in [4.69, 9.17) is 5.11 Å². The van der Waals surface area contributed by atoms with Crippen LogP contribution in [0.1, 0.15) is 12.8 Å². The van der Waals surface area contributed by atoms with Crippen molar-refractivity contribution in [2.45, 2.75) is 12.8 Å². The number of amides is 1. The highest BCUT2D eigenvalue weighted by Crippen LogP contribution is 2.44. The SMILES string of the molecule is O=C(NCC1(CO)CC1)C1CNC1. The van der Waals surface area contributed by atoms with Gasteiger partial charge in [0.15, 0.2) is 0 Å². The van der Waals surface area contributed by atoms with E-state index >= 15 is 0 Å². The quantitative estimate of drug-likeness (QED) is 0.530. The predicted molar refractivity (Wildman–Crippen MR) is 48.1 cm³/mol. The van der Waals surface area contributed by atoms with Gasteiger partial charge in [-0.05, 0) is 12.8 Å². The van der Waals surface area contributed by atoms with Crippen molar-refractivity contribution in [3.63, 3.8) is 0 Å². The first-order chi connectivity index (χ1) is 6.26. The summed E-state index contributed by atoms with van der Waals surface area (Å²) >= 11 is 0. The Morgan fingerprint density at radius 1 is 1.54 bits per heavy atom. The summed E-state index contributed by atoms with van der Waals surface area (Å²) in [6, 6.07) is 0. The summed E-state index contributed by atoms with van der Waals surface area (Å²) in [5, 5.41) is 15.0. The molecule has 2 rings (SSSR count). The molecule has 1 heterocycles. The average Bonchev–Trinajstić information content (AvgIpc) is 2.78. The van der Waals surface area contributed by atoms with Crippen LogP contribution in [0.25, 0.3) is 0 Å². The maximum atomic E-state index is 11.4. The smallest absolute Gasteiger partial charge is 0.225 e. The molecule has 2 aliphatic rings. The third-order valence-electron chi connectivity index (χ3n) is 3.08. The van der Waals surface area contributed by atoms with Crippen LogP contribution in [-0.4, -0.2) is 37.3 Å². The van der Waals surface area contributed by atoms with Crippen LogP contribution in [0.3, 0.4) is 0 Å². The molecule has 1 aliphatic heterocycles. The van der Waals surface area contributed by atoms with Gasteiger partial charge < -0.3 is 15.7 Å². The fraction of sp³-hybridized carbons (Fsp3) is 0.889. The summed E-state index contributed by atoms with van der Waals surface area (Å²) in [5.41, 5.74) is 0.0346. The molecule has 3 N–H and O–H groups in total. The van der Waals surface area contributed by atoms with Gasteiger partial charge in [-0.2, -0.15) is 0 Å². The van der Waals surface area contributed by atoms with E-state index in [2.05, 4.69) is 10.6 Å². The number of hydrogen-bond acceptors (Lipinski definition) is 3. The number of nitrogens with one attached hydrogen (secondary N) is 2. The number of carbonyl (C=O) groups is 1. The van der Waals surface area contributed by atoms with Crippen LogP contribution in [0.2, 0.25) is 0 Å². The number of rotatable bonds is 4. The van der Waals surface area contributed by atoms with Crippen LogP contribution in [0.4, 0.5) is 0 Å². The maximum absolute atomic E-state index is 11.4. The molecule has 1 aliphatic carbocycles. The first-order valence-corrected chi connectivity index (χ1v) is 4.85. The molecule has 0 radical (unpaired) electrons. The average molecular weight is 184 g/mol. The first kappa shape index (κ1) is 8.97. The lowest BCUT2D eigenvalue weighted by Gasteiger charge is -2.26. The van der Waals surface area contributed by atoms with Gasteiger partial charge in [-0.1, -0.05) is 0 Å². The van der Waals surface area contributed by atoms with E-state index in [1.54, 1.807) is 0 Å². The van der Waals surface area contributed by atoms with E-state index in [-0.39, 0.29) is 23.8 Å². The second-order valence-electron chi connectivity index (χ2n) is 4.23. The summed E-state index contributed by atoms with van der Waals surface area (Å²) in [6.45, 7) is 2.46. The minimum absolute atomic E-state index is 0.0346. The molecule has 0 bridgehead atoms. The summed E-state index contributed by atoms with van der Waals surface area (Å²) in [5.74, 6) is 0.299. The molecular weight excluding hydrogens is 168 g/mol. The Morgan fingerprint density at radius 2 is 2.23 bits per heavy atom. The Bertz CT molecular complexity index is 210. The van der Waals surface area contributed by atoms with E-state index < -0.39 is 0 Å². The Morgan fingerprint density at radius 3 is 2.62 bits per heavy atom. The lowest BCUT2D eigenvalue weighted by Crippen LogP contribution is -2.51. The summed E-state index contributed by atoms with van der Waals surface area (Å²) in [4.78, 5) is 11.4. The second-order valence-corrected chi connectivity index (χ2v) is 4.23. The van der Waals surface area contributed by atoms with Crippen molar-refractivity contribution < 1.29 is 9.90 Å². The lowest BCUT2D eigenvalue weighted by molar-refractivity contribution is -0.126. The molecule has 4 heteroatoms. The Balaban J connectivity index is 1.69. The van der Waals surface area contributed by atoms with Crippen LogP contribution < -0.4 is 10.6 Å². The van der Waals surface area contributed by atoms with E-state index in [0.717, 1.165) is 25.9 Å². The molecule has 0 spiro atoms. The zero-order valence-corrected chi connectivity index (χ0v) is 7.68. The Labute approximate surface area is 77.7 Å². The number of aliphatic hydroxyl groups excluding tert-OH is 1. The molecule has 0 aromatic carbocycles. The van der Waals surface area contributed by atoms with E-state index in [0.29, 0.717) is 6.54 Å². The molecule has 0 aromatic rings. The van der Waals surface area contributed by atoms with Gasteiger partial charge in [0.2, 0.25) is 5.91 Å². The third kappa shape index (κ3) is 1.84. The molecule has 1 saturated carbocycles. The standard InChI is InChI=1S/C9H16N2O2/c12-6-9(1-2-9)5-11-8(13)7-3-10-4-7/h7,10,12H,1-6H2,(H,11,13). The van der Waals surface area contributed by atoms with Gasteiger partial charge in [0, 0.05) is 25.0 Å². The molecule has 0 aromatic heterocycles. The van der Waals surface area contributed by atoms with Crippen molar-refractivity contribution in [3.8, 4) is 0 Å². The second kappa shape index (κ2) is 3.27. The van der Waals surface area contributed by atoms with Crippen molar-refractivity contribution in [2.24, 2.45) is 11.3 Å². The molecular formula is C9H16N2O2. The molecule has 13 heavy (non-hydrogen) atoms. The minimum Gasteiger partial charge on any atom is -0.396 e. The molecule has 4 nitrogen and oxygen atoms in total. The molecule has 74 valence electrons. The van der Waals surface area contributed by atoms with Gasteiger partial charge in [0.25, 0.3) is 0 Å². The van der Waals surface area contributed by atoms with Crippen molar-refractivity contribution in [1.82, 2.24) is 10.6 Å². The molecule has 1 saturated heterocycles. The van der Waals surface area contributed by atoms with Gasteiger partial charge in [-0.25, -0.2) is 0 Å². The highest BCUT2D eigenvalue weighted by Gasteiger charge is 2.42. The third-order valence-corrected chi connectivity index (χ3v) is 3.08. The van der Waals surface area contributed by atoms with Crippen molar-refractivity contribution in [2.75, 3.05) is 26.2 Å². The van der Waals surface area contributed by atoms with Crippen molar-refractivity contribution in [3.05, 3.63) is 0 Å². The van der Waals surface area contributed by atoms with Gasteiger partial charge in [-0.15, -0.1) is 0 Å². The van der Waals surface area contributed by atoms with Gasteiger partial charge in [0.1, 0.15) is 0 Å². The van der Waals surface area contributed by atoms with Gasteiger partial charge in [0.05, 0.1) is 12.5 Å². The van der Waals surface area contributed by atoms with Crippen LogP contribution >= 0.6 is 0 Å². The normalized spacial score (nSPS) is 25.0. The number of hydrogen-bond donors (Lipinski definition) is 3. The minimum atomic E-state index is 0.0346. The monoisotopic (exact) mass is 184 g/mol. The van der Waals surface area contributed by atoms with E-state index in [1.807, 2.05) is 0 Å². The largest absolute Gasteiger partial charge is 0.396 e. The predicted octanol–water partition coefficient (Wildman–Crippen LogP) is -0.905. The maximum Gasteiger partial charge on any atom is 0.225 e.